The van der Waals surface area contributed by atoms with Crippen LogP contribution in [0, 0.1) is 0 Å². The van der Waals surface area contributed by atoms with Crippen LogP contribution in [0.4, 0.5) is 0 Å². The maximum atomic E-state index is 5.63. The number of methoxy groups -OCH3 is 4. The van der Waals surface area contributed by atoms with Crippen LogP contribution in [0.25, 0.3) is 0 Å². The lowest BCUT2D eigenvalue weighted by Gasteiger charge is -2.36. The fourth-order valence-electron chi connectivity index (χ4n) is 3.19. The van der Waals surface area contributed by atoms with Gasteiger partial charge in [-0.25, -0.2) is 0 Å². The SMILES string of the molecule is CCCCCCCCC(c1ccc(OC)cc1)C(OC)(OC)OC. The van der Waals surface area contributed by atoms with Gasteiger partial charge >= 0.3 is 0 Å². The molecule has 0 N–H and O–H groups in total. The van der Waals surface area contributed by atoms with Crippen molar-refractivity contribution in [2.45, 2.75) is 63.8 Å². The normalized spacial score (nSPS) is 13.0. The van der Waals surface area contributed by atoms with Crippen molar-refractivity contribution >= 4 is 0 Å². The third kappa shape index (κ3) is 5.76. The number of benzene rings is 1. The average Bonchev–Trinajstić information content (AvgIpc) is 2.64. The Balaban J connectivity index is 2.82. The summed E-state index contributed by atoms with van der Waals surface area (Å²) >= 11 is 0. The Kier molecular flexibility index (Phi) is 9.99. The molecule has 0 aliphatic carbocycles. The van der Waals surface area contributed by atoms with Crippen molar-refractivity contribution in [1.29, 1.82) is 0 Å². The summed E-state index contributed by atoms with van der Waals surface area (Å²) in [6.07, 6.45) is 8.48. The van der Waals surface area contributed by atoms with Crippen molar-refractivity contribution in [3.8, 4) is 5.75 Å². The molecule has 0 aliphatic rings. The molecule has 0 saturated heterocycles. The minimum absolute atomic E-state index is 0.00887. The first-order valence-electron chi connectivity index (χ1n) is 8.96. The molecule has 1 atom stereocenters. The summed E-state index contributed by atoms with van der Waals surface area (Å²) in [6, 6.07) is 8.06. The fourth-order valence-corrected chi connectivity index (χ4v) is 3.19. The van der Waals surface area contributed by atoms with Crippen LogP contribution in [0.15, 0.2) is 24.3 Å². The fraction of sp³-hybridized carbons (Fsp3) is 0.700. The van der Waals surface area contributed by atoms with E-state index in [-0.39, 0.29) is 5.92 Å². The molecule has 4 heteroatoms. The van der Waals surface area contributed by atoms with E-state index in [0.717, 1.165) is 24.2 Å². The highest BCUT2D eigenvalue weighted by Gasteiger charge is 2.40. The monoisotopic (exact) mass is 338 g/mol. The largest absolute Gasteiger partial charge is 0.497 e. The molecule has 0 aromatic heterocycles. The van der Waals surface area contributed by atoms with Gasteiger partial charge < -0.3 is 18.9 Å². The molecule has 1 rings (SSSR count). The number of ether oxygens (including phenoxy) is 4. The number of hydrogen-bond acceptors (Lipinski definition) is 4. The maximum absolute atomic E-state index is 5.63. The summed E-state index contributed by atoms with van der Waals surface area (Å²) in [5, 5.41) is 0. The van der Waals surface area contributed by atoms with Gasteiger partial charge in [-0.2, -0.15) is 0 Å². The summed E-state index contributed by atoms with van der Waals surface area (Å²) in [7, 11) is 6.56. The van der Waals surface area contributed by atoms with E-state index in [1.807, 2.05) is 12.1 Å². The second-order valence-electron chi connectivity index (χ2n) is 6.10. The van der Waals surface area contributed by atoms with Crippen molar-refractivity contribution in [3.05, 3.63) is 29.8 Å². The van der Waals surface area contributed by atoms with Gasteiger partial charge in [-0.1, -0.05) is 57.6 Å². The van der Waals surface area contributed by atoms with Crippen LogP contribution < -0.4 is 4.74 Å². The lowest BCUT2D eigenvalue weighted by Crippen LogP contribution is -2.42. The van der Waals surface area contributed by atoms with Crippen molar-refractivity contribution < 1.29 is 18.9 Å². The van der Waals surface area contributed by atoms with E-state index in [1.165, 1.54) is 32.1 Å². The number of unbranched alkanes of at least 4 members (excludes halogenated alkanes) is 5. The number of hydrogen-bond donors (Lipinski definition) is 0. The van der Waals surface area contributed by atoms with Crippen LogP contribution in [0.5, 0.6) is 5.75 Å². The minimum atomic E-state index is -1.06. The molecule has 0 fully saturated rings. The topological polar surface area (TPSA) is 36.9 Å². The van der Waals surface area contributed by atoms with Crippen LogP contribution in [0.3, 0.4) is 0 Å². The predicted molar refractivity (Wildman–Crippen MR) is 97.5 cm³/mol. The van der Waals surface area contributed by atoms with Crippen molar-refractivity contribution in [2.75, 3.05) is 28.4 Å². The molecular weight excluding hydrogens is 304 g/mol. The van der Waals surface area contributed by atoms with Gasteiger partial charge in [-0.05, 0) is 24.1 Å². The summed E-state index contributed by atoms with van der Waals surface area (Å²) in [6.45, 7) is 2.24. The van der Waals surface area contributed by atoms with E-state index < -0.39 is 5.97 Å². The Morgan fingerprint density at radius 1 is 0.792 bits per heavy atom. The third-order valence-electron chi connectivity index (χ3n) is 4.64. The van der Waals surface area contributed by atoms with Crippen LogP contribution in [0.1, 0.15) is 63.4 Å². The molecule has 1 unspecified atom stereocenters. The standard InChI is InChI=1S/C20H34O4/c1-6-7-8-9-10-11-12-19(20(22-3,23-4)24-5)17-13-15-18(21-2)16-14-17/h13-16,19H,6-12H2,1-5H3. The Bertz CT molecular complexity index is 418. The molecule has 24 heavy (non-hydrogen) atoms. The third-order valence-corrected chi connectivity index (χ3v) is 4.64. The molecule has 4 nitrogen and oxygen atoms in total. The summed E-state index contributed by atoms with van der Waals surface area (Å²) in [5.41, 5.74) is 1.13. The molecule has 1 aromatic carbocycles. The number of rotatable bonds is 13. The van der Waals surface area contributed by atoms with Crippen LogP contribution >= 0.6 is 0 Å². The lowest BCUT2D eigenvalue weighted by atomic mass is 9.90. The second kappa shape index (κ2) is 11.5. The van der Waals surface area contributed by atoms with Gasteiger partial charge in [0.25, 0.3) is 5.97 Å². The zero-order valence-corrected chi connectivity index (χ0v) is 16.0. The zero-order chi connectivity index (χ0) is 17.8. The van der Waals surface area contributed by atoms with Gasteiger partial charge in [-0.15, -0.1) is 0 Å². The van der Waals surface area contributed by atoms with Crippen molar-refractivity contribution in [1.82, 2.24) is 0 Å². The van der Waals surface area contributed by atoms with Gasteiger partial charge in [0.1, 0.15) is 5.75 Å². The van der Waals surface area contributed by atoms with Crippen LogP contribution in [-0.2, 0) is 14.2 Å². The summed E-state index contributed by atoms with van der Waals surface area (Å²) < 4.78 is 22.1. The van der Waals surface area contributed by atoms with Gasteiger partial charge in [0.2, 0.25) is 0 Å². The molecule has 0 saturated carbocycles. The molecule has 1 aromatic rings. The minimum Gasteiger partial charge on any atom is -0.497 e. The maximum Gasteiger partial charge on any atom is 0.289 e. The summed E-state index contributed by atoms with van der Waals surface area (Å²) in [5.74, 6) is -0.206. The highest BCUT2D eigenvalue weighted by molar-refractivity contribution is 5.30. The first kappa shape index (κ1) is 20.9. The zero-order valence-electron chi connectivity index (χ0n) is 16.0. The summed E-state index contributed by atoms with van der Waals surface area (Å²) in [4.78, 5) is 0. The van der Waals surface area contributed by atoms with Gasteiger partial charge in [0.15, 0.2) is 0 Å². The Morgan fingerprint density at radius 2 is 1.33 bits per heavy atom. The lowest BCUT2D eigenvalue weighted by molar-refractivity contribution is -0.365. The molecule has 0 aliphatic heterocycles. The molecule has 0 spiro atoms. The Morgan fingerprint density at radius 3 is 1.83 bits per heavy atom. The van der Waals surface area contributed by atoms with E-state index >= 15 is 0 Å². The Hall–Kier alpha value is -1.10. The quantitative estimate of drug-likeness (QED) is 0.369. The molecule has 138 valence electrons. The molecular formula is C20H34O4. The van der Waals surface area contributed by atoms with Crippen molar-refractivity contribution in [3.63, 3.8) is 0 Å². The Labute approximate surface area is 147 Å². The van der Waals surface area contributed by atoms with E-state index in [1.54, 1.807) is 28.4 Å². The second-order valence-corrected chi connectivity index (χ2v) is 6.10. The van der Waals surface area contributed by atoms with Crippen LogP contribution in [0.2, 0.25) is 0 Å². The van der Waals surface area contributed by atoms with E-state index in [9.17, 15) is 0 Å². The molecule has 0 bridgehead atoms. The molecule has 0 radical (unpaired) electrons. The molecule has 0 heterocycles. The van der Waals surface area contributed by atoms with E-state index in [4.69, 9.17) is 18.9 Å². The van der Waals surface area contributed by atoms with Gasteiger partial charge in [0, 0.05) is 21.3 Å². The van der Waals surface area contributed by atoms with Gasteiger partial charge in [-0.3, -0.25) is 0 Å². The van der Waals surface area contributed by atoms with E-state index in [0.29, 0.717) is 0 Å². The first-order chi connectivity index (χ1) is 11.7. The van der Waals surface area contributed by atoms with Gasteiger partial charge in [0.05, 0.1) is 13.0 Å². The highest BCUT2D eigenvalue weighted by Crippen LogP contribution is 2.37. The first-order valence-corrected chi connectivity index (χ1v) is 8.96. The molecule has 0 amide bonds. The van der Waals surface area contributed by atoms with Crippen LogP contribution in [-0.4, -0.2) is 34.4 Å². The average molecular weight is 338 g/mol. The predicted octanol–water partition coefficient (Wildman–Crippen LogP) is 5.12. The van der Waals surface area contributed by atoms with Crippen molar-refractivity contribution in [2.24, 2.45) is 0 Å². The smallest absolute Gasteiger partial charge is 0.289 e. The van der Waals surface area contributed by atoms with E-state index in [2.05, 4.69) is 19.1 Å². The highest BCUT2D eigenvalue weighted by atomic mass is 16.9.